The van der Waals surface area contributed by atoms with Gasteiger partial charge in [0.25, 0.3) is 0 Å². The fourth-order valence-electron chi connectivity index (χ4n) is 3.03. The molecular weight excluding hydrogens is 265 g/mol. The van der Waals surface area contributed by atoms with Crippen LogP contribution in [0.15, 0.2) is 48.5 Å². The number of likely N-dealkylation sites (N-methyl/N-ethyl adjacent to an activating group) is 1. The molecule has 2 unspecified atom stereocenters. The summed E-state index contributed by atoms with van der Waals surface area (Å²) in [5.74, 6) is -0.185. The maximum absolute atomic E-state index is 14.2. The summed E-state index contributed by atoms with van der Waals surface area (Å²) >= 11 is 0. The van der Waals surface area contributed by atoms with E-state index in [1.54, 1.807) is 6.07 Å². The number of hydrogen-bond donors (Lipinski definition) is 1. The smallest absolute Gasteiger partial charge is 0.128 e. The van der Waals surface area contributed by atoms with E-state index in [1.165, 1.54) is 11.6 Å². The van der Waals surface area contributed by atoms with E-state index in [9.17, 15) is 4.39 Å². The van der Waals surface area contributed by atoms with Gasteiger partial charge < -0.3 is 10.1 Å². The minimum atomic E-state index is -0.185. The van der Waals surface area contributed by atoms with Crippen molar-refractivity contribution in [2.24, 2.45) is 0 Å². The van der Waals surface area contributed by atoms with Crippen LogP contribution in [0.4, 0.5) is 4.39 Å². The average Bonchev–Trinajstić information content (AvgIpc) is 2.53. The van der Waals surface area contributed by atoms with E-state index in [2.05, 4.69) is 17.4 Å². The molecule has 0 amide bonds. The van der Waals surface area contributed by atoms with E-state index >= 15 is 0 Å². The van der Waals surface area contributed by atoms with Crippen LogP contribution in [-0.2, 0) is 11.2 Å². The van der Waals surface area contributed by atoms with Crippen molar-refractivity contribution in [1.29, 1.82) is 0 Å². The van der Waals surface area contributed by atoms with E-state index in [0.717, 1.165) is 18.5 Å². The highest BCUT2D eigenvalue weighted by atomic mass is 19.1. The van der Waals surface area contributed by atoms with Crippen molar-refractivity contribution in [3.8, 4) is 0 Å². The number of ether oxygens (including phenoxy) is 1. The van der Waals surface area contributed by atoms with Crippen LogP contribution in [0, 0.1) is 5.82 Å². The Morgan fingerprint density at radius 2 is 1.95 bits per heavy atom. The Labute approximate surface area is 125 Å². The molecule has 21 heavy (non-hydrogen) atoms. The maximum Gasteiger partial charge on any atom is 0.128 e. The zero-order valence-corrected chi connectivity index (χ0v) is 12.2. The lowest BCUT2D eigenvalue weighted by molar-refractivity contribution is 0.0143. The highest BCUT2D eigenvalue weighted by Gasteiger charge is 2.30. The van der Waals surface area contributed by atoms with Crippen LogP contribution >= 0.6 is 0 Å². The van der Waals surface area contributed by atoms with Crippen LogP contribution in [-0.4, -0.2) is 13.2 Å². The van der Waals surface area contributed by atoms with E-state index in [4.69, 9.17) is 4.74 Å². The van der Waals surface area contributed by atoms with Gasteiger partial charge in [-0.15, -0.1) is 0 Å². The van der Waals surface area contributed by atoms with Crippen molar-refractivity contribution in [2.45, 2.75) is 25.5 Å². The number of nitrogens with one attached hydrogen (secondary N) is 1. The summed E-state index contributed by atoms with van der Waals surface area (Å²) in [6.45, 7) is 3.47. The van der Waals surface area contributed by atoms with Crippen molar-refractivity contribution in [1.82, 2.24) is 5.32 Å². The first-order valence-corrected chi connectivity index (χ1v) is 7.48. The minimum Gasteiger partial charge on any atom is -0.371 e. The summed E-state index contributed by atoms with van der Waals surface area (Å²) in [5, 5.41) is 3.39. The van der Waals surface area contributed by atoms with Crippen LogP contribution in [0.25, 0.3) is 0 Å². The van der Waals surface area contributed by atoms with Crippen molar-refractivity contribution in [2.75, 3.05) is 13.2 Å². The van der Waals surface area contributed by atoms with Crippen LogP contribution in [0.3, 0.4) is 0 Å². The zero-order valence-electron chi connectivity index (χ0n) is 12.2. The molecular formula is C18H20FNO. The van der Waals surface area contributed by atoms with Crippen molar-refractivity contribution >= 4 is 0 Å². The Morgan fingerprint density at radius 1 is 1.19 bits per heavy atom. The van der Waals surface area contributed by atoms with Crippen molar-refractivity contribution < 1.29 is 9.13 Å². The Hall–Kier alpha value is -1.71. The van der Waals surface area contributed by atoms with Gasteiger partial charge in [-0.2, -0.15) is 0 Å². The molecule has 3 rings (SSSR count). The van der Waals surface area contributed by atoms with Gasteiger partial charge in [0.05, 0.1) is 12.6 Å². The summed E-state index contributed by atoms with van der Waals surface area (Å²) in [6, 6.07) is 15.1. The third kappa shape index (κ3) is 2.85. The molecule has 2 nitrogen and oxygen atoms in total. The van der Waals surface area contributed by atoms with E-state index in [-0.39, 0.29) is 18.0 Å². The molecule has 0 bridgehead atoms. The van der Waals surface area contributed by atoms with Crippen LogP contribution in [0.2, 0.25) is 0 Å². The molecule has 1 aliphatic heterocycles. The molecule has 2 atom stereocenters. The zero-order chi connectivity index (χ0) is 14.7. The predicted octanol–water partition coefficient (Wildman–Crippen LogP) is 3.79. The van der Waals surface area contributed by atoms with Gasteiger partial charge in [0.1, 0.15) is 11.9 Å². The number of rotatable bonds is 4. The first-order valence-electron chi connectivity index (χ1n) is 7.48. The quantitative estimate of drug-likeness (QED) is 0.923. The fourth-order valence-corrected chi connectivity index (χ4v) is 3.03. The largest absolute Gasteiger partial charge is 0.371 e. The van der Waals surface area contributed by atoms with Crippen LogP contribution < -0.4 is 5.32 Å². The van der Waals surface area contributed by atoms with E-state index in [0.29, 0.717) is 12.2 Å². The summed E-state index contributed by atoms with van der Waals surface area (Å²) in [4.78, 5) is 0. The number of benzene rings is 2. The summed E-state index contributed by atoms with van der Waals surface area (Å²) in [7, 11) is 0. The normalized spacial score (nSPS) is 19.0. The van der Waals surface area contributed by atoms with Gasteiger partial charge in [0.2, 0.25) is 0 Å². The van der Waals surface area contributed by atoms with Gasteiger partial charge in [-0.25, -0.2) is 4.39 Å². The van der Waals surface area contributed by atoms with Gasteiger partial charge in [0.15, 0.2) is 0 Å². The standard InChI is InChI=1S/C18H20FNO/c1-2-20-17(15-9-5-6-10-16(15)19)18-14-8-4-3-7-13(14)11-12-21-18/h3-10,17-18,20H,2,11-12H2,1H3. The minimum absolute atomic E-state index is 0.146. The first kappa shape index (κ1) is 14.2. The SMILES string of the molecule is CCNC(c1ccccc1F)C1OCCc2ccccc21. The molecule has 0 aromatic heterocycles. The van der Waals surface area contributed by atoms with E-state index in [1.807, 2.05) is 31.2 Å². The molecule has 2 aromatic carbocycles. The van der Waals surface area contributed by atoms with Gasteiger partial charge in [0, 0.05) is 5.56 Å². The topological polar surface area (TPSA) is 21.3 Å². The summed E-state index contributed by atoms with van der Waals surface area (Å²) in [5.41, 5.74) is 3.13. The van der Waals surface area contributed by atoms with Crippen LogP contribution in [0.1, 0.15) is 35.8 Å². The second kappa shape index (κ2) is 6.37. The van der Waals surface area contributed by atoms with Crippen molar-refractivity contribution in [3.05, 3.63) is 71.0 Å². The molecule has 1 N–H and O–H groups in total. The fraction of sp³-hybridized carbons (Fsp3) is 0.333. The third-order valence-corrected chi connectivity index (χ3v) is 4.00. The Bertz CT molecular complexity index is 614. The number of halogens is 1. The Kier molecular flexibility index (Phi) is 4.32. The molecule has 0 aliphatic carbocycles. The monoisotopic (exact) mass is 285 g/mol. The highest BCUT2D eigenvalue weighted by Crippen LogP contribution is 2.37. The molecule has 0 spiro atoms. The third-order valence-electron chi connectivity index (χ3n) is 4.00. The molecule has 1 aliphatic rings. The Morgan fingerprint density at radius 3 is 2.76 bits per heavy atom. The molecule has 0 fully saturated rings. The second-order valence-electron chi connectivity index (χ2n) is 5.30. The van der Waals surface area contributed by atoms with Gasteiger partial charge in [-0.05, 0) is 30.2 Å². The average molecular weight is 285 g/mol. The Balaban J connectivity index is 2.01. The lowest BCUT2D eigenvalue weighted by Gasteiger charge is -2.33. The molecule has 3 heteroatoms. The second-order valence-corrected chi connectivity index (χ2v) is 5.30. The van der Waals surface area contributed by atoms with E-state index < -0.39 is 0 Å². The number of hydrogen-bond acceptors (Lipinski definition) is 2. The van der Waals surface area contributed by atoms with Crippen LogP contribution in [0.5, 0.6) is 0 Å². The molecule has 1 heterocycles. The maximum atomic E-state index is 14.2. The highest BCUT2D eigenvalue weighted by molar-refractivity contribution is 5.34. The van der Waals surface area contributed by atoms with Gasteiger partial charge >= 0.3 is 0 Å². The lowest BCUT2D eigenvalue weighted by atomic mass is 9.89. The number of fused-ring (bicyclic) bond motifs is 1. The van der Waals surface area contributed by atoms with Gasteiger partial charge in [-0.1, -0.05) is 49.4 Å². The molecule has 2 aromatic rings. The van der Waals surface area contributed by atoms with Gasteiger partial charge in [-0.3, -0.25) is 0 Å². The lowest BCUT2D eigenvalue weighted by Crippen LogP contribution is -2.32. The van der Waals surface area contributed by atoms with Crippen molar-refractivity contribution in [3.63, 3.8) is 0 Å². The molecule has 0 saturated heterocycles. The molecule has 0 saturated carbocycles. The first-order chi connectivity index (χ1) is 10.3. The summed E-state index contributed by atoms with van der Waals surface area (Å²) < 4.78 is 20.2. The predicted molar refractivity (Wildman–Crippen MR) is 81.7 cm³/mol. The summed E-state index contributed by atoms with van der Waals surface area (Å²) in [6.07, 6.45) is 0.773. The molecule has 0 radical (unpaired) electrons. The molecule has 110 valence electrons.